The first-order valence-electron chi connectivity index (χ1n) is 13.0. The summed E-state index contributed by atoms with van der Waals surface area (Å²) in [6.45, 7) is 18.9. The Kier molecular flexibility index (Phi) is 14.5. The molecule has 10 nitrogen and oxygen atoms in total. The molecule has 1 aliphatic heterocycles. The summed E-state index contributed by atoms with van der Waals surface area (Å²) in [6.07, 6.45) is 8.25. The molecule has 0 saturated carbocycles. The normalized spacial score (nSPS) is 16.5. The highest BCUT2D eigenvalue weighted by atomic mass is 19.1. The van der Waals surface area contributed by atoms with Crippen molar-refractivity contribution in [3.05, 3.63) is 48.6 Å². The number of nitrogens with zero attached hydrogens (tertiary/aromatic N) is 5. The fraction of sp³-hybridized carbons (Fsp3) is 0.593. The number of ether oxygens (including phenoxy) is 2. The summed E-state index contributed by atoms with van der Waals surface area (Å²) in [5, 5.41) is 3.17. The molecule has 1 heterocycles. The number of halogens is 1. The van der Waals surface area contributed by atoms with Gasteiger partial charge < -0.3 is 14.4 Å². The molecule has 11 heteroatoms. The number of hydrazine groups is 2. The number of carbonyl (C=O) groups is 1. The minimum atomic E-state index is -0.653. The van der Waals surface area contributed by atoms with Gasteiger partial charge in [-0.1, -0.05) is 13.5 Å². The van der Waals surface area contributed by atoms with Crippen LogP contribution >= 0.6 is 0 Å². The molecule has 1 unspecified atom stereocenters. The minimum absolute atomic E-state index is 0.260. The summed E-state index contributed by atoms with van der Waals surface area (Å²) in [5.74, 6) is 7.30. The summed E-state index contributed by atoms with van der Waals surface area (Å²) in [6, 6.07) is -0.260. The van der Waals surface area contributed by atoms with Gasteiger partial charge in [0.25, 0.3) is 0 Å². The molecule has 0 bridgehead atoms. The van der Waals surface area contributed by atoms with Crippen LogP contribution in [0.3, 0.4) is 0 Å². The third kappa shape index (κ3) is 11.2. The Morgan fingerprint density at radius 1 is 1.34 bits per heavy atom. The van der Waals surface area contributed by atoms with Crippen LogP contribution in [0.2, 0.25) is 0 Å². The fourth-order valence-corrected chi connectivity index (χ4v) is 3.77. The second-order valence-corrected chi connectivity index (χ2v) is 9.39. The number of hydrogen-bond donors (Lipinski definition) is 2. The molecule has 0 fully saturated rings. The number of allylic oxidation sites excluding steroid dienone is 1. The van der Waals surface area contributed by atoms with Gasteiger partial charge >= 0.3 is 6.09 Å². The molecule has 3 N–H and O–H groups in total. The number of hydrogen-bond acceptors (Lipinski definition) is 9. The lowest BCUT2D eigenvalue weighted by Gasteiger charge is -2.34. The summed E-state index contributed by atoms with van der Waals surface area (Å²) in [5.41, 5.74) is 3.54. The Bertz CT molecular complexity index is 922. The van der Waals surface area contributed by atoms with Crippen LogP contribution in [-0.4, -0.2) is 83.7 Å². The molecule has 214 valence electrons. The van der Waals surface area contributed by atoms with Crippen molar-refractivity contribution in [2.75, 3.05) is 39.5 Å². The second kappa shape index (κ2) is 16.7. The zero-order valence-electron chi connectivity index (χ0n) is 24.0. The van der Waals surface area contributed by atoms with Crippen molar-refractivity contribution >= 4 is 17.6 Å². The lowest BCUT2D eigenvalue weighted by Crippen LogP contribution is -2.46. The summed E-state index contributed by atoms with van der Waals surface area (Å²) >= 11 is 0. The molecule has 0 radical (unpaired) electrons. The van der Waals surface area contributed by atoms with Gasteiger partial charge in [-0.3, -0.25) is 15.4 Å². The first-order chi connectivity index (χ1) is 18.0. The topological polar surface area (TPSA) is 108 Å². The molecule has 1 atom stereocenters. The number of nitrogens with two attached hydrogens (primary N) is 1. The summed E-state index contributed by atoms with van der Waals surface area (Å²) in [4.78, 5) is 23.5. The standard InChI is InChI=1S/C27H46FN7O3/c1-9-30-23(14-18-33(10-2)32-26(36)38-27(6,7)8)22(13-17-28)21(5)34(11-3)24-15-19-35(29)25(31-24)16-20-37-12-4/h9,13,15-16,19,21H,1,10-12,14,17-18,20,29H2,2-8H3,(H,32,36)/b22-13-,25-16+,30-23?. The number of likely N-dealkylation sites (N-methyl/N-ethyl adjacent to an activating group) is 1. The van der Waals surface area contributed by atoms with E-state index in [-0.39, 0.29) is 6.04 Å². The molecular formula is C27H46FN7O3. The molecule has 0 aliphatic carbocycles. The Hall–Kier alpha value is -3.02. The van der Waals surface area contributed by atoms with Gasteiger partial charge in [-0.05, 0) is 65.3 Å². The molecule has 0 aromatic heterocycles. The maximum absolute atomic E-state index is 13.7. The number of rotatable bonds is 14. The average molecular weight is 536 g/mol. The summed E-state index contributed by atoms with van der Waals surface area (Å²) < 4.78 is 24.5. The number of amides is 1. The van der Waals surface area contributed by atoms with Gasteiger partial charge in [-0.2, -0.15) is 0 Å². The van der Waals surface area contributed by atoms with E-state index in [0.717, 1.165) is 0 Å². The largest absolute Gasteiger partial charge is 0.443 e. The van der Waals surface area contributed by atoms with Crippen LogP contribution in [0, 0.1) is 0 Å². The van der Waals surface area contributed by atoms with Gasteiger partial charge in [-0.15, -0.1) is 0 Å². The highest BCUT2D eigenvalue weighted by Gasteiger charge is 2.25. The molecule has 0 aromatic rings. The van der Waals surface area contributed by atoms with E-state index >= 15 is 0 Å². The van der Waals surface area contributed by atoms with E-state index in [1.807, 2.05) is 39.8 Å². The van der Waals surface area contributed by atoms with Crippen LogP contribution in [-0.2, 0) is 9.47 Å². The Morgan fingerprint density at radius 2 is 2.05 bits per heavy atom. The van der Waals surface area contributed by atoms with Gasteiger partial charge in [0.15, 0.2) is 0 Å². The van der Waals surface area contributed by atoms with Gasteiger partial charge in [0.2, 0.25) is 0 Å². The number of alkyl halides is 1. The SMILES string of the molecule is C=CN=C(CCN(CC)NC(=O)OC(C)(C)C)/C(=C\CF)C(C)N(CC)C1=N/C(=C\COCC)N(N)C=C1. The van der Waals surface area contributed by atoms with Crippen molar-refractivity contribution < 1.29 is 18.7 Å². The zero-order chi connectivity index (χ0) is 28.7. The van der Waals surface area contributed by atoms with Crippen molar-refractivity contribution in [3.8, 4) is 0 Å². The van der Waals surface area contributed by atoms with E-state index in [0.29, 0.717) is 62.2 Å². The molecular weight excluding hydrogens is 489 g/mol. The number of nitrogens with one attached hydrogen (secondary N) is 1. The minimum Gasteiger partial charge on any atom is -0.443 e. The van der Waals surface area contributed by atoms with Crippen molar-refractivity contribution in [2.24, 2.45) is 15.8 Å². The van der Waals surface area contributed by atoms with Crippen LogP contribution < -0.4 is 11.3 Å². The predicted octanol–water partition coefficient (Wildman–Crippen LogP) is 4.31. The third-order valence-corrected chi connectivity index (χ3v) is 5.54. The lowest BCUT2D eigenvalue weighted by atomic mass is 9.98. The Labute approximate surface area is 227 Å². The maximum Gasteiger partial charge on any atom is 0.422 e. The molecule has 38 heavy (non-hydrogen) atoms. The molecule has 0 saturated heterocycles. The molecule has 0 spiro atoms. The molecule has 1 aliphatic rings. The third-order valence-electron chi connectivity index (χ3n) is 5.54. The van der Waals surface area contributed by atoms with E-state index in [4.69, 9.17) is 20.3 Å². The highest BCUT2D eigenvalue weighted by Crippen LogP contribution is 2.20. The number of carbonyl (C=O) groups excluding carboxylic acids is 1. The van der Waals surface area contributed by atoms with E-state index < -0.39 is 18.4 Å². The van der Waals surface area contributed by atoms with Crippen molar-refractivity contribution in [2.45, 2.75) is 66.5 Å². The smallest absolute Gasteiger partial charge is 0.422 e. The Balaban J connectivity index is 3.15. The van der Waals surface area contributed by atoms with Crippen LogP contribution in [0.1, 0.15) is 54.9 Å². The Morgan fingerprint density at radius 3 is 2.61 bits per heavy atom. The summed E-state index contributed by atoms with van der Waals surface area (Å²) in [7, 11) is 0. The van der Waals surface area contributed by atoms with Crippen LogP contribution in [0.4, 0.5) is 9.18 Å². The first kappa shape index (κ1) is 33.0. The molecule has 1 rings (SSSR count). The van der Waals surface area contributed by atoms with E-state index in [2.05, 4.69) is 21.9 Å². The highest BCUT2D eigenvalue weighted by molar-refractivity contribution is 6.03. The molecule has 1 amide bonds. The molecule has 0 aromatic carbocycles. The van der Waals surface area contributed by atoms with Crippen LogP contribution in [0.15, 0.2) is 58.6 Å². The van der Waals surface area contributed by atoms with E-state index in [1.54, 1.807) is 32.0 Å². The van der Waals surface area contributed by atoms with E-state index in [1.165, 1.54) is 17.3 Å². The van der Waals surface area contributed by atoms with Crippen molar-refractivity contribution in [1.82, 2.24) is 20.3 Å². The van der Waals surface area contributed by atoms with Gasteiger partial charge in [0.05, 0.1) is 12.6 Å². The van der Waals surface area contributed by atoms with Gasteiger partial charge in [-0.25, -0.2) is 25.0 Å². The van der Waals surface area contributed by atoms with Crippen molar-refractivity contribution in [3.63, 3.8) is 0 Å². The number of amidine groups is 1. The first-order valence-corrected chi connectivity index (χ1v) is 13.0. The predicted molar refractivity (Wildman–Crippen MR) is 152 cm³/mol. The van der Waals surface area contributed by atoms with Gasteiger partial charge in [0.1, 0.15) is 23.9 Å². The second-order valence-electron chi connectivity index (χ2n) is 9.39. The lowest BCUT2D eigenvalue weighted by molar-refractivity contribution is 0.0341. The zero-order valence-corrected chi connectivity index (χ0v) is 24.0. The van der Waals surface area contributed by atoms with Crippen LogP contribution in [0.25, 0.3) is 0 Å². The fourth-order valence-electron chi connectivity index (χ4n) is 3.77. The quantitative estimate of drug-likeness (QED) is 0.148. The van der Waals surface area contributed by atoms with Gasteiger partial charge in [0, 0.05) is 50.8 Å². The van der Waals surface area contributed by atoms with E-state index in [9.17, 15) is 9.18 Å². The maximum atomic E-state index is 13.7. The average Bonchev–Trinajstić information content (AvgIpc) is 2.85. The number of aliphatic imine (C=N–C) groups is 2. The van der Waals surface area contributed by atoms with Crippen molar-refractivity contribution in [1.29, 1.82) is 0 Å². The van der Waals surface area contributed by atoms with Crippen LogP contribution in [0.5, 0.6) is 0 Å². The monoisotopic (exact) mass is 535 g/mol.